The van der Waals surface area contributed by atoms with Gasteiger partial charge in [0.15, 0.2) is 0 Å². The molecule has 0 saturated carbocycles. The van der Waals surface area contributed by atoms with Crippen LogP contribution in [0.25, 0.3) is 22.3 Å². The Balaban J connectivity index is 1.38. The molecule has 0 amide bonds. The van der Waals surface area contributed by atoms with Crippen molar-refractivity contribution < 1.29 is 4.74 Å². The van der Waals surface area contributed by atoms with E-state index in [-0.39, 0.29) is 0 Å². The van der Waals surface area contributed by atoms with Crippen molar-refractivity contribution in [1.29, 1.82) is 0 Å². The number of fused-ring (bicyclic) bond motifs is 12. The van der Waals surface area contributed by atoms with Gasteiger partial charge in [-0.3, -0.25) is 0 Å². The Morgan fingerprint density at radius 1 is 0.348 bits per heavy atom. The van der Waals surface area contributed by atoms with Crippen LogP contribution >= 0.6 is 11.6 Å². The molecule has 1 spiro atoms. The monoisotopic (exact) mass is 606 g/mol. The van der Waals surface area contributed by atoms with Crippen molar-refractivity contribution in [3.8, 4) is 33.8 Å². The number of hydrogen-bond donors (Lipinski definition) is 0. The van der Waals surface area contributed by atoms with E-state index in [4.69, 9.17) is 16.3 Å². The molecule has 1 aliphatic heterocycles. The molecule has 0 radical (unpaired) electrons. The summed E-state index contributed by atoms with van der Waals surface area (Å²) in [6, 6.07) is 59.2. The lowest BCUT2D eigenvalue weighted by molar-refractivity contribution is 0.435. The van der Waals surface area contributed by atoms with Crippen LogP contribution in [0, 0.1) is 0 Å². The molecule has 0 saturated heterocycles. The molecule has 0 N–H and O–H groups in total. The topological polar surface area (TPSA) is 9.23 Å². The van der Waals surface area contributed by atoms with Crippen molar-refractivity contribution in [2.24, 2.45) is 0 Å². The van der Waals surface area contributed by atoms with Crippen molar-refractivity contribution in [1.82, 2.24) is 0 Å². The van der Waals surface area contributed by atoms with Gasteiger partial charge in [-0.1, -0.05) is 145 Å². The van der Waals surface area contributed by atoms with E-state index in [0.29, 0.717) is 0 Å². The van der Waals surface area contributed by atoms with Crippen LogP contribution in [0.3, 0.4) is 0 Å². The lowest BCUT2D eigenvalue weighted by atomic mass is 9.64. The lowest BCUT2D eigenvalue weighted by Gasteiger charge is -2.40. The first kappa shape index (κ1) is 25.9. The van der Waals surface area contributed by atoms with Crippen LogP contribution in [-0.4, -0.2) is 0 Å². The first-order valence-corrected chi connectivity index (χ1v) is 16.2. The van der Waals surface area contributed by atoms with E-state index in [2.05, 4.69) is 158 Å². The Kier molecular flexibility index (Phi) is 5.25. The molecular formula is C44H27ClO. The molecule has 0 aromatic heterocycles. The van der Waals surface area contributed by atoms with Crippen molar-refractivity contribution >= 4 is 11.6 Å². The highest BCUT2D eigenvalue weighted by molar-refractivity contribution is 6.31. The number of ether oxygens (including phenoxy) is 1. The fourth-order valence-corrected chi connectivity index (χ4v) is 8.98. The van der Waals surface area contributed by atoms with Gasteiger partial charge in [-0.05, 0) is 86.0 Å². The minimum absolute atomic E-state index is 0.532. The molecule has 2 heteroatoms. The van der Waals surface area contributed by atoms with E-state index in [9.17, 15) is 0 Å². The van der Waals surface area contributed by atoms with Crippen LogP contribution < -0.4 is 4.74 Å². The van der Waals surface area contributed by atoms with E-state index in [0.717, 1.165) is 27.6 Å². The summed E-state index contributed by atoms with van der Waals surface area (Å²) < 4.78 is 6.98. The van der Waals surface area contributed by atoms with E-state index >= 15 is 0 Å². The average Bonchev–Trinajstić information content (AvgIpc) is 3.56. The summed E-state index contributed by atoms with van der Waals surface area (Å²) in [5.74, 6) is 1.78. The minimum atomic E-state index is -0.550. The molecule has 1 nitrogen and oxygen atoms in total. The third kappa shape index (κ3) is 3.11. The average molecular weight is 607 g/mol. The molecule has 0 unspecified atom stereocenters. The van der Waals surface area contributed by atoms with Gasteiger partial charge >= 0.3 is 0 Å². The highest BCUT2D eigenvalue weighted by Crippen LogP contribution is 2.65. The Labute approximate surface area is 273 Å². The maximum atomic E-state index is 6.98. The molecular weight excluding hydrogens is 580 g/mol. The highest BCUT2D eigenvalue weighted by Gasteiger charge is 2.53. The van der Waals surface area contributed by atoms with Crippen LogP contribution in [0.1, 0.15) is 44.5 Å². The molecule has 0 bridgehead atoms. The minimum Gasteiger partial charge on any atom is -0.457 e. The third-order valence-corrected chi connectivity index (χ3v) is 10.7. The number of hydrogen-bond acceptors (Lipinski definition) is 1. The number of rotatable bonds is 2. The molecule has 7 aromatic rings. The van der Waals surface area contributed by atoms with Crippen molar-refractivity contribution in [3.63, 3.8) is 0 Å². The van der Waals surface area contributed by atoms with Gasteiger partial charge in [0.2, 0.25) is 0 Å². The van der Waals surface area contributed by atoms with Gasteiger partial charge in [-0.25, -0.2) is 0 Å². The van der Waals surface area contributed by atoms with E-state index < -0.39 is 10.8 Å². The molecule has 3 aliphatic rings. The highest BCUT2D eigenvalue weighted by atomic mass is 35.5. The van der Waals surface area contributed by atoms with E-state index in [1.54, 1.807) is 0 Å². The summed E-state index contributed by atoms with van der Waals surface area (Å²) in [4.78, 5) is 0. The maximum absolute atomic E-state index is 6.98. The van der Waals surface area contributed by atoms with Gasteiger partial charge in [0.25, 0.3) is 0 Å². The largest absolute Gasteiger partial charge is 0.457 e. The molecule has 0 atom stereocenters. The molecule has 0 fully saturated rings. The maximum Gasteiger partial charge on any atom is 0.132 e. The molecule has 46 heavy (non-hydrogen) atoms. The summed E-state index contributed by atoms with van der Waals surface area (Å²) >= 11 is 6.82. The quantitative estimate of drug-likeness (QED) is 0.190. The fraction of sp³-hybridized carbons (Fsp3) is 0.0455. The third-order valence-electron chi connectivity index (χ3n) is 10.5. The van der Waals surface area contributed by atoms with E-state index in [1.165, 1.54) is 55.6 Å². The van der Waals surface area contributed by atoms with E-state index in [1.807, 2.05) is 6.07 Å². The van der Waals surface area contributed by atoms with Gasteiger partial charge in [-0.15, -0.1) is 0 Å². The molecule has 1 heterocycles. The first-order chi connectivity index (χ1) is 22.7. The molecule has 2 aliphatic carbocycles. The first-order valence-electron chi connectivity index (χ1n) is 15.8. The Hall–Kier alpha value is -5.37. The fourth-order valence-electron chi connectivity index (χ4n) is 8.81. The zero-order valence-corrected chi connectivity index (χ0v) is 25.6. The van der Waals surface area contributed by atoms with Crippen LogP contribution in [0.4, 0.5) is 0 Å². The SMILES string of the molecule is Clc1ccc2c(c1)-c1cc3c(cc1C2(c1ccccc1)c1ccccc1)Oc1ccccc1C31c2ccccc2-c2ccccc21. The van der Waals surface area contributed by atoms with Gasteiger partial charge in [0.05, 0.1) is 10.8 Å². The van der Waals surface area contributed by atoms with Gasteiger partial charge in [0, 0.05) is 16.1 Å². The van der Waals surface area contributed by atoms with Crippen molar-refractivity contribution in [3.05, 3.63) is 213 Å². The van der Waals surface area contributed by atoms with Crippen molar-refractivity contribution in [2.75, 3.05) is 0 Å². The lowest BCUT2D eigenvalue weighted by Crippen LogP contribution is -2.33. The number of halogens is 1. The zero-order valence-electron chi connectivity index (χ0n) is 24.9. The van der Waals surface area contributed by atoms with Crippen LogP contribution in [0.5, 0.6) is 11.5 Å². The number of para-hydroxylation sites is 1. The zero-order chi connectivity index (χ0) is 30.5. The normalized spacial score (nSPS) is 15.2. The smallest absolute Gasteiger partial charge is 0.132 e. The molecule has 10 rings (SSSR count). The second kappa shape index (κ2) is 9.33. The van der Waals surface area contributed by atoms with Crippen LogP contribution in [-0.2, 0) is 10.8 Å². The standard InChI is InChI=1S/C44H27ClO/c45-30-23-24-37-33(25-30)34-26-40-42(27-39(34)43(37,28-13-3-1-4-14-28)29-15-5-2-6-16-29)46-41-22-12-11-21-38(41)44(40)35-19-9-7-17-31(35)32-18-8-10-20-36(32)44/h1-27H. The Bertz CT molecular complexity index is 2270. The molecule has 7 aromatic carbocycles. The second-order valence-corrected chi connectivity index (χ2v) is 12.9. The van der Waals surface area contributed by atoms with Gasteiger partial charge in [-0.2, -0.15) is 0 Å². The van der Waals surface area contributed by atoms with Crippen LogP contribution in [0.15, 0.2) is 164 Å². The summed E-state index contributed by atoms with van der Waals surface area (Å²) in [6.07, 6.45) is 0. The summed E-state index contributed by atoms with van der Waals surface area (Å²) in [5.41, 5.74) is 13.6. The predicted octanol–water partition coefficient (Wildman–Crippen LogP) is 11.2. The molecule has 216 valence electrons. The van der Waals surface area contributed by atoms with Crippen LogP contribution in [0.2, 0.25) is 5.02 Å². The Morgan fingerprint density at radius 2 is 0.870 bits per heavy atom. The number of benzene rings is 7. The summed E-state index contributed by atoms with van der Waals surface area (Å²) in [6.45, 7) is 0. The summed E-state index contributed by atoms with van der Waals surface area (Å²) in [7, 11) is 0. The predicted molar refractivity (Wildman–Crippen MR) is 186 cm³/mol. The van der Waals surface area contributed by atoms with Gasteiger partial charge < -0.3 is 4.74 Å². The second-order valence-electron chi connectivity index (χ2n) is 12.5. The van der Waals surface area contributed by atoms with Crippen molar-refractivity contribution in [2.45, 2.75) is 10.8 Å². The van der Waals surface area contributed by atoms with Gasteiger partial charge in [0.1, 0.15) is 11.5 Å². The summed E-state index contributed by atoms with van der Waals surface area (Å²) in [5, 5.41) is 0.729. The Morgan fingerprint density at radius 3 is 1.52 bits per heavy atom.